The van der Waals surface area contributed by atoms with Gasteiger partial charge in [0.2, 0.25) is 0 Å². The van der Waals surface area contributed by atoms with Gasteiger partial charge in [0, 0.05) is 18.5 Å². The molecule has 3 aromatic rings. The van der Waals surface area contributed by atoms with Crippen molar-refractivity contribution >= 4 is 16.7 Å². The molecule has 0 spiro atoms. The first kappa shape index (κ1) is 15.2. The Morgan fingerprint density at radius 2 is 1.75 bits per heavy atom. The van der Waals surface area contributed by atoms with Crippen molar-refractivity contribution in [2.75, 3.05) is 25.0 Å². The number of H-pyrrole nitrogens is 1. The van der Waals surface area contributed by atoms with Gasteiger partial charge in [-0.05, 0) is 49.5 Å². The minimum Gasteiger partial charge on any atom is -0.368 e. The Morgan fingerprint density at radius 3 is 2.58 bits per heavy atom. The fraction of sp³-hybridized carbons (Fsp3) is 0.350. The quantitative estimate of drug-likeness (QED) is 0.749. The summed E-state index contributed by atoms with van der Waals surface area (Å²) in [7, 11) is 0. The van der Waals surface area contributed by atoms with E-state index in [1.54, 1.807) is 0 Å². The van der Waals surface area contributed by atoms with Crippen LogP contribution in [-0.4, -0.2) is 34.7 Å². The average Bonchev–Trinajstić information content (AvgIpc) is 3.05. The van der Waals surface area contributed by atoms with E-state index < -0.39 is 0 Å². The zero-order chi connectivity index (χ0) is 16.2. The summed E-state index contributed by atoms with van der Waals surface area (Å²) in [4.78, 5) is 2.57. The van der Waals surface area contributed by atoms with E-state index in [4.69, 9.17) is 0 Å². The molecule has 0 saturated carbocycles. The molecule has 4 heteroatoms. The molecule has 0 bridgehead atoms. The van der Waals surface area contributed by atoms with Gasteiger partial charge in [-0.2, -0.15) is 5.10 Å². The summed E-state index contributed by atoms with van der Waals surface area (Å²) in [5.41, 5.74) is 2.51. The van der Waals surface area contributed by atoms with Gasteiger partial charge in [0.25, 0.3) is 0 Å². The van der Waals surface area contributed by atoms with E-state index in [1.165, 1.54) is 36.9 Å². The molecule has 1 aliphatic heterocycles. The van der Waals surface area contributed by atoms with Crippen molar-refractivity contribution in [3.8, 4) is 0 Å². The molecule has 1 aromatic heterocycles. The number of likely N-dealkylation sites (tertiary alicyclic amines) is 1. The first-order valence-electron chi connectivity index (χ1n) is 8.82. The highest BCUT2D eigenvalue weighted by Gasteiger charge is 2.19. The number of nitrogens with one attached hydrogen (secondary N) is 2. The zero-order valence-electron chi connectivity index (χ0n) is 13.9. The van der Waals surface area contributed by atoms with Crippen molar-refractivity contribution in [1.29, 1.82) is 0 Å². The SMILES string of the molecule is c1ccc(CN2CCC(CNc3n[nH]c4ccccc34)CC2)cc1. The third-order valence-electron chi connectivity index (χ3n) is 4.98. The number of para-hydroxylation sites is 1. The van der Waals surface area contributed by atoms with E-state index >= 15 is 0 Å². The number of hydrogen-bond acceptors (Lipinski definition) is 3. The summed E-state index contributed by atoms with van der Waals surface area (Å²) >= 11 is 0. The van der Waals surface area contributed by atoms with Crippen molar-refractivity contribution < 1.29 is 0 Å². The van der Waals surface area contributed by atoms with Crippen LogP contribution >= 0.6 is 0 Å². The van der Waals surface area contributed by atoms with Crippen LogP contribution in [0.4, 0.5) is 5.82 Å². The maximum Gasteiger partial charge on any atom is 0.155 e. The summed E-state index contributed by atoms with van der Waals surface area (Å²) in [6, 6.07) is 19.0. The van der Waals surface area contributed by atoms with E-state index in [2.05, 4.69) is 68.9 Å². The Hall–Kier alpha value is -2.33. The summed E-state index contributed by atoms with van der Waals surface area (Å²) < 4.78 is 0. The lowest BCUT2D eigenvalue weighted by atomic mass is 9.96. The molecule has 0 radical (unpaired) electrons. The topological polar surface area (TPSA) is 44.0 Å². The third kappa shape index (κ3) is 3.44. The standard InChI is InChI=1S/C20H24N4/c1-2-6-17(7-3-1)15-24-12-10-16(11-13-24)14-21-20-18-8-4-5-9-19(18)22-23-20/h1-9,16H,10-15H2,(H2,21,22,23). The molecule has 1 aliphatic rings. The molecule has 1 fully saturated rings. The van der Waals surface area contributed by atoms with Gasteiger partial charge in [0.1, 0.15) is 0 Å². The second-order valence-electron chi connectivity index (χ2n) is 6.70. The minimum absolute atomic E-state index is 0.729. The molecule has 0 unspecified atom stereocenters. The maximum atomic E-state index is 4.40. The predicted octanol–water partition coefficient (Wildman–Crippen LogP) is 3.89. The highest BCUT2D eigenvalue weighted by Crippen LogP contribution is 2.23. The highest BCUT2D eigenvalue weighted by molar-refractivity contribution is 5.89. The van der Waals surface area contributed by atoms with Gasteiger partial charge in [-0.15, -0.1) is 0 Å². The third-order valence-corrected chi connectivity index (χ3v) is 4.98. The van der Waals surface area contributed by atoms with E-state index in [1.807, 2.05) is 6.07 Å². The van der Waals surface area contributed by atoms with Crippen LogP contribution in [0.15, 0.2) is 54.6 Å². The Labute approximate surface area is 142 Å². The number of hydrogen-bond donors (Lipinski definition) is 2. The smallest absolute Gasteiger partial charge is 0.155 e. The molecule has 4 nitrogen and oxygen atoms in total. The van der Waals surface area contributed by atoms with E-state index in [0.717, 1.165) is 30.3 Å². The molecule has 24 heavy (non-hydrogen) atoms. The summed E-state index contributed by atoms with van der Waals surface area (Å²) in [6.07, 6.45) is 2.50. The van der Waals surface area contributed by atoms with Crippen molar-refractivity contribution in [2.24, 2.45) is 5.92 Å². The number of aromatic nitrogens is 2. The molecule has 0 atom stereocenters. The fourth-order valence-electron chi connectivity index (χ4n) is 3.53. The van der Waals surface area contributed by atoms with Crippen molar-refractivity contribution in [2.45, 2.75) is 19.4 Å². The Bertz CT molecular complexity index is 772. The van der Waals surface area contributed by atoms with Crippen LogP contribution in [-0.2, 0) is 6.54 Å². The van der Waals surface area contributed by atoms with Gasteiger partial charge >= 0.3 is 0 Å². The zero-order valence-corrected chi connectivity index (χ0v) is 13.9. The molecule has 2 heterocycles. The molecular formula is C20H24N4. The number of benzene rings is 2. The lowest BCUT2D eigenvalue weighted by Crippen LogP contribution is -2.35. The van der Waals surface area contributed by atoms with Gasteiger partial charge in [-0.25, -0.2) is 0 Å². The van der Waals surface area contributed by atoms with E-state index in [0.29, 0.717) is 0 Å². The lowest BCUT2D eigenvalue weighted by molar-refractivity contribution is 0.182. The van der Waals surface area contributed by atoms with Gasteiger partial charge in [0.05, 0.1) is 5.52 Å². The number of piperidine rings is 1. The van der Waals surface area contributed by atoms with E-state index in [-0.39, 0.29) is 0 Å². The Balaban J connectivity index is 1.27. The van der Waals surface area contributed by atoms with Crippen LogP contribution in [0.25, 0.3) is 10.9 Å². The number of fused-ring (bicyclic) bond motifs is 1. The predicted molar refractivity (Wildman–Crippen MR) is 99.0 cm³/mol. The number of nitrogens with zero attached hydrogens (tertiary/aromatic N) is 2. The maximum absolute atomic E-state index is 4.40. The monoisotopic (exact) mass is 320 g/mol. The number of anilines is 1. The molecule has 4 rings (SSSR count). The lowest BCUT2D eigenvalue weighted by Gasteiger charge is -2.32. The van der Waals surface area contributed by atoms with Crippen molar-refractivity contribution in [3.05, 3.63) is 60.2 Å². The van der Waals surface area contributed by atoms with Crippen LogP contribution in [0.3, 0.4) is 0 Å². The molecule has 2 N–H and O–H groups in total. The molecule has 1 saturated heterocycles. The van der Waals surface area contributed by atoms with E-state index in [9.17, 15) is 0 Å². The second kappa shape index (κ2) is 7.05. The normalized spacial score (nSPS) is 16.5. The molecule has 0 amide bonds. The molecular weight excluding hydrogens is 296 g/mol. The largest absolute Gasteiger partial charge is 0.368 e. The number of aromatic amines is 1. The van der Waals surface area contributed by atoms with Gasteiger partial charge in [-0.1, -0.05) is 42.5 Å². The first-order valence-corrected chi connectivity index (χ1v) is 8.82. The Kier molecular flexibility index (Phi) is 4.47. The minimum atomic E-state index is 0.729. The van der Waals surface area contributed by atoms with Crippen LogP contribution < -0.4 is 5.32 Å². The highest BCUT2D eigenvalue weighted by atomic mass is 15.2. The van der Waals surface area contributed by atoms with Gasteiger partial charge in [-0.3, -0.25) is 10.00 Å². The van der Waals surface area contributed by atoms with Crippen LogP contribution in [0.1, 0.15) is 18.4 Å². The first-order chi connectivity index (χ1) is 11.9. The fourth-order valence-corrected chi connectivity index (χ4v) is 3.53. The molecule has 0 aliphatic carbocycles. The van der Waals surface area contributed by atoms with Crippen molar-refractivity contribution in [3.63, 3.8) is 0 Å². The summed E-state index contributed by atoms with van der Waals surface area (Å²) in [5.74, 6) is 1.71. The van der Waals surface area contributed by atoms with Crippen LogP contribution in [0.2, 0.25) is 0 Å². The van der Waals surface area contributed by atoms with Crippen molar-refractivity contribution in [1.82, 2.24) is 15.1 Å². The van der Waals surface area contributed by atoms with Crippen LogP contribution in [0.5, 0.6) is 0 Å². The van der Waals surface area contributed by atoms with Gasteiger partial charge in [0.15, 0.2) is 5.82 Å². The van der Waals surface area contributed by atoms with Crippen LogP contribution in [0, 0.1) is 5.92 Å². The summed E-state index contributed by atoms with van der Waals surface area (Å²) in [6.45, 7) is 4.45. The average molecular weight is 320 g/mol. The Morgan fingerprint density at radius 1 is 1.00 bits per heavy atom. The summed E-state index contributed by atoms with van der Waals surface area (Å²) in [5, 5.41) is 12.2. The molecule has 124 valence electrons. The molecule has 2 aromatic carbocycles. The van der Waals surface area contributed by atoms with Gasteiger partial charge < -0.3 is 5.32 Å². The number of rotatable bonds is 5. The second-order valence-corrected chi connectivity index (χ2v) is 6.70.